The van der Waals surface area contributed by atoms with E-state index < -0.39 is 9.99 Å². The summed E-state index contributed by atoms with van der Waals surface area (Å²) < 4.78 is -0.552. The summed E-state index contributed by atoms with van der Waals surface area (Å²) in [6, 6.07) is 0. The lowest BCUT2D eigenvalue weighted by atomic mass is 9.96. The van der Waals surface area contributed by atoms with Gasteiger partial charge in [-0.2, -0.15) is 0 Å². The van der Waals surface area contributed by atoms with Crippen molar-refractivity contribution in [3.05, 3.63) is 0 Å². The van der Waals surface area contributed by atoms with E-state index in [1.807, 2.05) is 20.8 Å². The van der Waals surface area contributed by atoms with Gasteiger partial charge in [-0.25, -0.2) is 0 Å². The van der Waals surface area contributed by atoms with Crippen molar-refractivity contribution in [2.75, 3.05) is 0 Å². The van der Waals surface area contributed by atoms with Gasteiger partial charge in [0.2, 0.25) is 5.91 Å². The largest absolute Gasteiger partial charge is 0.338 e. The average Bonchev–Trinajstić information content (AvgIpc) is 1.82. The molecule has 0 spiro atoms. The fourth-order valence-electron chi connectivity index (χ4n) is 0.677. The standard InChI is InChI=1S/C9H19BrN2O/c1-6(2)9(5,10)7(13)12-8(3,4)11/h6H,11H2,1-5H3,(H,12,13). The van der Waals surface area contributed by atoms with Crippen LogP contribution in [0.3, 0.4) is 0 Å². The van der Waals surface area contributed by atoms with Crippen LogP contribution in [0.4, 0.5) is 0 Å². The summed E-state index contributed by atoms with van der Waals surface area (Å²) in [5, 5.41) is 2.73. The van der Waals surface area contributed by atoms with Crippen LogP contribution in [0.25, 0.3) is 0 Å². The molecule has 0 saturated carbocycles. The van der Waals surface area contributed by atoms with Gasteiger partial charge < -0.3 is 11.1 Å². The minimum atomic E-state index is -0.666. The van der Waals surface area contributed by atoms with Crippen molar-refractivity contribution < 1.29 is 4.79 Å². The third-order valence-electron chi connectivity index (χ3n) is 1.96. The zero-order valence-electron chi connectivity index (χ0n) is 8.94. The highest BCUT2D eigenvalue weighted by molar-refractivity contribution is 9.10. The van der Waals surface area contributed by atoms with Crippen molar-refractivity contribution in [3.8, 4) is 0 Å². The second-order valence-corrected chi connectivity index (χ2v) is 6.05. The quantitative estimate of drug-likeness (QED) is 0.591. The topological polar surface area (TPSA) is 55.1 Å². The van der Waals surface area contributed by atoms with Crippen molar-refractivity contribution in [1.82, 2.24) is 5.32 Å². The van der Waals surface area contributed by atoms with E-state index >= 15 is 0 Å². The molecule has 1 atom stereocenters. The molecular weight excluding hydrogens is 232 g/mol. The minimum absolute atomic E-state index is 0.0741. The second-order valence-electron chi connectivity index (χ2n) is 4.41. The fourth-order valence-corrected chi connectivity index (χ4v) is 0.776. The number of hydrogen-bond donors (Lipinski definition) is 2. The first-order valence-electron chi connectivity index (χ1n) is 4.38. The molecule has 13 heavy (non-hydrogen) atoms. The Morgan fingerprint density at radius 3 is 2.00 bits per heavy atom. The summed E-state index contributed by atoms with van der Waals surface area (Å²) in [4.78, 5) is 11.7. The van der Waals surface area contributed by atoms with Gasteiger partial charge in [-0.3, -0.25) is 4.79 Å². The lowest BCUT2D eigenvalue weighted by molar-refractivity contribution is -0.125. The SMILES string of the molecule is CC(C)C(C)(Br)C(=O)NC(C)(C)N. The molecule has 1 amide bonds. The summed E-state index contributed by atoms with van der Waals surface area (Å²) in [7, 11) is 0. The van der Waals surface area contributed by atoms with E-state index in [2.05, 4.69) is 21.2 Å². The molecule has 4 heteroatoms. The first-order chi connectivity index (χ1) is 5.57. The Morgan fingerprint density at radius 2 is 1.77 bits per heavy atom. The first-order valence-corrected chi connectivity index (χ1v) is 5.17. The molecule has 3 N–H and O–H groups in total. The van der Waals surface area contributed by atoms with E-state index in [-0.39, 0.29) is 11.8 Å². The van der Waals surface area contributed by atoms with Gasteiger partial charge in [0.05, 0.1) is 5.66 Å². The van der Waals surface area contributed by atoms with E-state index in [9.17, 15) is 4.79 Å². The number of carbonyl (C=O) groups is 1. The maximum atomic E-state index is 11.7. The monoisotopic (exact) mass is 250 g/mol. The normalized spacial score (nSPS) is 16.9. The number of alkyl halides is 1. The Morgan fingerprint density at radius 1 is 1.38 bits per heavy atom. The molecule has 78 valence electrons. The summed E-state index contributed by atoms with van der Waals surface area (Å²) in [5.41, 5.74) is 5.01. The third kappa shape index (κ3) is 4.09. The number of nitrogens with two attached hydrogens (primary N) is 1. The van der Waals surface area contributed by atoms with Crippen LogP contribution in [0.5, 0.6) is 0 Å². The Labute approximate surface area is 88.6 Å². The molecule has 0 aliphatic heterocycles. The number of hydrogen-bond acceptors (Lipinski definition) is 2. The molecule has 1 unspecified atom stereocenters. The van der Waals surface area contributed by atoms with Gasteiger partial charge in [0.25, 0.3) is 0 Å². The predicted molar refractivity (Wildman–Crippen MR) is 58.6 cm³/mol. The Bertz CT molecular complexity index is 194. The van der Waals surface area contributed by atoms with Crippen molar-refractivity contribution in [1.29, 1.82) is 0 Å². The maximum absolute atomic E-state index is 11.7. The molecule has 0 fully saturated rings. The van der Waals surface area contributed by atoms with Gasteiger partial charge in [0, 0.05) is 0 Å². The molecule has 0 aromatic carbocycles. The third-order valence-corrected chi connectivity index (χ3v) is 3.24. The summed E-state index contributed by atoms with van der Waals surface area (Å²) in [5.74, 6) is 0.143. The van der Waals surface area contributed by atoms with E-state index in [0.29, 0.717) is 0 Å². The average molecular weight is 251 g/mol. The van der Waals surface area contributed by atoms with Crippen LogP contribution in [0.1, 0.15) is 34.6 Å². The van der Waals surface area contributed by atoms with Crippen molar-refractivity contribution >= 4 is 21.8 Å². The van der Waals surface area contributed by atoms with Gasteiger partial charge in [-0.05, 0) is 26.7 Å². The lowest BCUT2D eigenvalue weighted by Crippen LogP contribution is -2.56. The van der Waals surface area contributed by atoms with E-state index in [1.165, 1.54) is 0 Å². The van der Waals surface area contributed by atoms with Crippen molar-refractivity contribution in [2.24, 2.45) is 11.7 Å². The van der Waals surface area contributed by atoms with Gasteiger partial charge in [-0.1, -0.05) is 29.8 Å². The summed E-state index contributed by atoms with van der Waals surface area (Å²) in [6.07, 6.45) is 0. The molecule has 0 saturated heterocycles. The number of halogens is 1. The zero-order valence-corrected chi connectivity index (χ0v) is 10.5. The van der Waals surface area contributed by atoms with Gasteiger partial charge >= 0.3 is 0 Å². The maximum Gasteiger partial charge on any atom is 0.238 e. The molecule has 0 aliphatic rings. The first kappa shape index (κ1) is 12.9. The van der Waals surface area contributed by atoms with Crippen molar-refractivity contribution in [3.63, 3.8) is 0 Å². The molecule has 0 heterocycles. The molecular formula is C9H19BrN2O. The number of amides is 1. The summed E-state index contributed by atoms with van der Waals surface area (Å²) in [6.45, 7) is 9.33. The van der Waals surface area contributed by atoms with Crippen LogP contribution >= 0.6 is 15.9 Å². The Balaban J connectivity index is 4.44. The van der Waals surface area contributed by atoms with E-state index in [0.717, 1.165) is 0 Å². The van der Waals surface area contributed by atoms with Crippen molar-refractivity contribution in [2.45, 2.75) is 44.6 Å². The number of carbonyl (C=O) groups excluding carboxylic acids is 1. The minimum Gasteiger partial charge on any atom is -0.338 e. The highest BCUT2D eigenvalue weighted by Crippen LogP contribution is 2.27. The van der Waals surface area contributed by atoms with Crippen LogP contribution in [-0.2, 0) is 4.79 Å². The van der Waals surface area contributed by atoms with Crippen LogP contribution in [0.2, 0.25) is 0 Å². The van der Waals surface area contributed by atoms with Gasteiger partial charge in [0.1, 0.15) is 4.32 Å². The second kappa shape index (κ2) is 3.96. The van der Waals surface area contributed by atoms with Crippen LogP contribution in [0.15, 0.2) is 0 Å². The van der Waals surface area contributed by atoms with Crippen LogP contribution < -0.4 is 11.1 Å². The van der Waals surface area contributed by atoms with Gasteiger partial charge in [-0.15, -0.1) is 0 Å². The molecule has 0 bridgehead atoms. The van der Waals surface area contributed by atoms with E-state index in [1.54, 1.807) is 13.8 Å². The predicted octanol–water partition coefficient (Wildman–Crippen LogP) is 1.61. The van der Waals surface area contributed by atoms with Crippen LogP contribution in [-0.4, -0.2) is 15.9 Å². The smallest absolute Gasteiger partial charge is 0.238 e. The van der Waals surface area contributed by atoms with Crippen LogP contribution in [0, 0.1) is 5.92 Å². The fraction of sp³-hybridized carbons (Fsp3) is 0.889. The highest BCUT2D eigenvalue weighted by atomic mass is 79.9. The highest BCUT2D eigenvalue weighted by Gasteiger charge is 2.35. The molecule has 3 nitrogen and oxygen atoms in total. The number of rotatable bonds is 3. The molecule has 0 radical (unpaired) electrons. The van der Waals surface area contributed by atoms with E-state index in [4.69, 9.17) is 5.73 Å². The Kier molecular flexibility index (Phi) is 3.94. The lowest BCUT2D eigenvalue weighted by Gasteiger charge is -2.30. The summed E-state index contributed by atoms with van der Waals surface area (Å²) >= 11 is 3.40. The number of nitrogens with one attached hydrogen (secondary N) is 1. The molecule has 0 aromatic heterocycles. The molecule has 0 aliphatic carbocycles. The zero-order chi connectivity index (χ0) is 10.9. The molecule has 0 rings (SSSR count). The van der Waals surface area contributed by atoms with Gasteiger partial charge in [0.15, 0.2) is 0 Å². The molecule has 0 aromatic rings. The Hall–Kier alpha value is -0.0900.